The molecular weight excluding hydrogens is 260 g/mol. The Morgan fingerprint density at radius 3 is 2.65 bits per heavy atom. The largest absolute Gasteiger partial charge is 0.356 e. The molecule has 1 N–H and O–H groups in total. The van der Waals surface area contributed by atoms with Crippen LogP contribution < -0.4 is 5.32 Å². The topological polar surface area (TPSA) is 90.1 Å². The Kier molecular flexibility index (Phi) is 5.66. The zero-order valence-electron chi connectivity index (χ0n) is 12.5. The van der Waals surface area contributed by atoms with E-state index in [0.717, 1.165) is 12.8 Å². The molecule has 112 valence electrons. The molecule has 1 amide bonds. The number of carbonyl (C=O) groups excluding carboxylic acids is 1. The number of nitrogens with zero attached hydrogens (tertiary/aromatic N) is 3. The average Bonchev–Trinajstić information content (AvgIpc) is 2.64. The van der Waals surface area contributed by atoms with E-state index in [1.165, 1.54) is 4.68 Å². The van der Waals surface area contributed by atoms with Crippen LogP contribution in [0.2, 0.25) is 0 Å². The van der Waals surface area contributed by atoms with Crippen molar-refractivity contribution in [3.63, 3.8) is 0 Å². The molecule has 0 saturated carbocycles. The number of amides is 1. The van der Waals surface area contributed by atoms with Gasteiger partial charge in [0.1, 0.15) is 11.4 Å². The van der Waals surface area contributed by atoms with Crippen LogP contribution in [0.3, 0.4) is 0 Å². The quantitative estimate of drug-likeness (QED) is 0.470. The fraction of sp³-hybridized carbons (Fsp3) is 0.692. The van der Waals surface area contributed by atoms with Gasteiger partial charge in [0, 0.05) is 6.54 Å². The third-order valence-corrected chi connectivity index (χ3v) is 3.25. The minimum Gasteiger partial charge on any atom is -0.356 e. The Hall–Kier alpha value is -1.92. The maximum Gasteiger partial charge on any atom is 0.312 e. The number of unbranched alkanes of at least 4 members (excludes halogenated alkanes) is 1. The molecule has 1 aromatic rings. The second kappa shape index (κ2) is 7.02. The van der Waals surface area contributed by atoms with Crippen molar-refractivity contribution in [2.24, 2.45) is 5.92 Å². The maximum atomic E-state index is 11.9. The summed E-state index contributed by atoms with van der Waals surface area (Å²) >= 11 is 0. The minimum absolute atomic E-state index is 0.0311. The number of nitro groups is 1. The highest BCUT2D eigenvalue weighted by Crippen LogP contribution is 2.22. The van der Waals surface area contributed by atoms with Crippen molar-refractivity contribution in [3.05, 3.63) is 21.5 Å². The molecular formula is C13H22N4O3. The monoisotopic (exact) mass is 282 g/mol. The van der Waals surface area contributed by atoms with Crippen LogP contribution in [0.25, 0.3) is 0 Å². The summed E-state index contributed by atoms with van der Waals surface area (Å²) in [5.74, 6) is -0.321. The Morgan fingerprint density at radius 1 is 1.50 bits per heavy atom. The van der Waals surface area contributed by atoms with E-state index in [1.54, 1.807) is 20.8 Å². The van der Waals surface area contributed by atoms with Crippen molar-refractivity contribution in [2.75, 3.05) is 6.54 Å². The smallest absolute Gasteiger partial charge is 0.312 e. The van der Waals surface area contributed by atoms with E-state index in [2.05, 4.69) is 17.3 Å². The van der Waals surface area contributed by atoms with Crippen LogP contribution in [-0.2, 0) is 11.3 Å². The maximum absolute atomic E-state index is 11.9. The Morgan fingerprint density at radius 2 is 2.15 bits per heavy atom. The molecule has 0 spiro atoms. The lowest BCUT2D eigenvalue weighted by atomic mass is 10.1. The first-order chi connectivity index (χ1) is 9.38. The van der Waals surface area contributed by atoms with Crippen molar-refractivity contribution >= 4 is 11.6 Å². The average molecular weight is 282 g/mol. The summed E-state index contributed by atoms with van der Waals surface area (Å²) in [7, 11) is 0. The zero-order chi connectivity index (χ0) is 15.3. The van der Waals surface area contributed by atoms with Gasteiger partial charge in [-0.2, -0.15) is 5.10 Å². The van der Waals surface area contributed by atoms with E-state index in [0.29, 0.717) is 24.5 Å². The Labute approximate surface area is 118 Å². The highest BCUT2D eigenvalue weighted by atomic mass is 16.6. The fourth-order valence-corrected chi connectivity index (χ4v) is 2.03. The van der Waals surface area contributed by atoms with Gasteiger partial charge in [-0.05, 0) is 20.3 Å². The number of carbonyl (C=O) groups is 1. The van der Waals surface area contributed by atoms with Crippen molar-refractivity contribution in [1.29, 1.82) is 0 Å². The number of nitrogens with one attached hydrogen (secondary N) is 1. The molecule has 1 aromatic heterocycles. The molecule has 0 saturated heterocycles. The van der Waals surface area contributed by atoms with E-state index in [9.17, 15) is 14.9 Å². The molecule has 1 atom stereocenters. The van der Waals surface area contributed by atoms with Crippen molar-refractivity contribution in [2.45, 2.75) is 47.1 Å². The summed E-state index contributed by atoms with van der Waals surface area (Å²) in [6.45, 7) is 8.12. The van der Waals surface area contributed by atoms with Gasteiger partial charge in [0.25, 0.3) is 0 Å². The number of hydrogen-bond acceptors (Lipinski definition) is 4. The van der Waals surface area contributed by atoms with Gasteiger partial charge < -0.3 is 5.32 Å². The van der Waals surface area contributed by atoms with Gasteiger partial charge in [0.05, 0.1) is 17.4 Å². The van der Waals surface area contributed by atoms with Crippen LogP contribution in [0.1, 0.15) is 38.1 Å². The summed E-state index contributed by atoms with van der Waals surface area (Å²) in [6, 6.07) is 0. The lowest BCUT2D eigenvalue weighted by molar-refractivity contribution is -0.386. The molecule has 0 aliphatic carbocycles. The number of aromatic nitrogens is 2. The summed E-state index contributed by atoms with van der Waals surface area (Å²) in [4.78, 5) is 22.4. The Balaban J connectivity index is 2.71. The highest BCUT2D eigenvalue weighted by molar-refractivity contribution is 5.78. The number of aryl methyl sites for hydroxylation is 1. The highest BCUT2D eigenvalue weighted by Gasteiger charge is 2.23. The van der Waals surface area contributed by atoms with Crippen LogP contribution in [0.4, 0.5) is 5.69 Å². The van der Waals surface area contributed by atoms with E-state index in [1.807, 2.05) is 0 Å². The molecule has 0 bridgehead atoms. The van der Waals surface area contributed by atoms with Crippen LogP contribution >= 0.6 is 0 Å². The lowest BCUT2D eigenvalue weighted by Gasteiger charge is -2.12. The van der Waals surface area contributed by atoms with Gasteiger partial charge in [-0.1, -0.05) is 20.3 Å². The van der Waals surface area contributed by atoms with Crippen LogP contribution in [0.15, 0.2) is 0 Å². The van der Waals surface area contributed by atoms with Gasteiger partial charge >= 0.3 is 5.69 Å². The van der Waals surface area contributed by atoms with Gasteiger partial charge in [-0.3, -0.25) is 19.6 Å². The second-order valence-electron chi connectivity index (χ2n) is 5.00. The van der Waals surface area contributed by atoms with E-state index >= 15 is 0 Å². The van der Waals surface area contributed by atoms with Crippen LogP contribution in [0, 0.1) is 29.9 Å². The molecule has 0 radical (unpaired) electrons. The molecule has 1 heterocycles. The van der Waals surface area contributed by atoms with Crippen molar-refractivity contribution < 1.29 is 9.72 Å². The molecule has 0 aromatic carbocycles. The zero-order valence-corrected chi connectivity index (χ0v) is 12.5. The fourth-order valence-electron chi connectivity index (χ4n) is 2.03. The van der Waals surface area contributed by atoms with E-state index in [4.69, 9.17) is 0 Å². The summed E-state index contributed by atoms with van der Waals surface area (Å²) in [6.07, 6.45) is 1.97. The SMILES string of the molecule is CCCCNC(=O)C(C)Cn1nc(C)c([N+](=O)[O-])c1C. The molecule has 1 unspecified atom stereocenters. The molecule has 20 heavy (non-hydrogen) atoms. The Bertz CT molecular complexity index is 496. The normalized spacial score (nSPS) is 12.2. The lowest BCUT2D eigenvalue weighted by Crippen LogP contribution is -2.32. The minimum atomic E-state index is -0.430. The summed E-state index contributed by atoms with van der Waals surface area (Å²) in [5, 5.41) is 17.9. The standard InChI is InChI=1S/C13H22N4O3/c1-5-6-7-14-13(18)9(2)8-16-11(4)12(17(19)20)10(3)15-16/h9H,5-8H2,1-4H3,(H,14,18). The van der Waals surface area contributed by atoms with Crippen molar-refractivity contribution in [3.8, 4) is 0 Å². The van der Waals surface area contributed by atoms with Crippen LogP contribution in [-0.4, -0.2) is 27.2 Å². The van der Waals surface area contributed by atoms with Gasteiger partial charge in [0.15, 0.2) is 0 Å². The molecule has 7 nitrogen and oxygen atoms in total. The van der Waals surface area contributed by atoms with E-state index < -0.39 is 4.92 Å². The predicted octanol–water partition coefficient (Wildman–Crippen LogP) is 1.96. The molecule has 0 aliphatic heterocycles. The molecule has 0 aliphatic rings. The molecule has 7 heteroatoms. The number of rotatable bonds is 7. The molecule has 1 rings (SSSR count). The first kappa shape index (κ1) is 16.1. The first-order valence-corrected chi connectivity index (χ1v) is 6.84. The predicted molar refractivity (Wildman–Crippen MR) is 75.4 cm³/mol. The van der Waals surface area contributed by atoms with E-state index in [-0.39, 0.29) is 17.5 Å². The molecule has 0 fully saturated rings. The van der Waals surface area contributed by atoms with Crippen LogP contribution in [0.5, 0.6) is 0 Å². The van der Waals surface area contributed by atoms with Gasteiger partial charge in [0.2, 0.25) is 5.91 Å². The van der Waals surface area contributed by atoms with Gasteiger partial charge in [-0.15, -0.1) is 0 Å². The second-order valence-corrected chi connectivity index (χ2v) is 5.00. The summed E-state index contributed by atoms with van der Waals surface area (Å²) in [5.41, 5.74) is 0.899. The first-order valence-electron chi connectivity index (χ1n) is 6.84. The third kappa shape index (κ3) is 3.79. The van der Waals surface area contributed by atoms with Crippen molar-refractivity contribution in [1.82, 2.24) is 15.1 Å². The summed E-state index contributed by atoms with van der Waals surface area (Å²) < 4.78 is 1.54. The van der Waals surface area contributed by atoms with Gasteiger partial charge in [-0.25, -0.2) is 0 Å². The third-order valence-electron chi connectivity index (χ3n) is 3.25. The number of hydrogen-bond donors (Lipinski definition) is 1.